The zero-order chi connectivity index (χ0) is 14.7. The number of benzene rings is 1. The van der Waals surface area contributed by atoms with E-state index in [-0.39, 0.29) is 0 Å². The molecule has 4 nitrogen and oxygen atoms in total. The molecule has 1 aliphatic carbocycles. The topological polar surface area (TPSA) is 33.7 Å². The second kappa shape index (κ2) is 6.67. The molecule has 1 N–H and O–H groups in total. The Bertz CT molecular complexity index is 474. The van der Waals surface area contributed by atoms with Crippen molar-refractivity contribution in [2.45, 2.75) is 31.8 Å². The van der Waals surface area contributed by atoms with Crippen LogP contribution in [0.5, 0.6) is 11.5 Å². The fourth-order valence-electron chi connectivity index (χ4n) is 3.08. The molecule has 1 aromatic rings. The first kappa shape index (κ1) is 14.7. The van der Waals surface area contributed by atoms with Crippen LogP contribution in [0.25, 0.3) is 0 Å². The van der Waals surface area contributed by atoms with Crippen LogP contribution in [0, 0.1) is 5.92 Å². The van der Waals surface area contributed by atoms with E-state index in [0.29, 0.717) is 0 Å². The summed E-state index contributed by atoms with van der Waals surface area (Å²) >= 11 is 0. The summed E-state index contributed by atoms with van der Waals surface area (Å²) in [5.74, 6) is 2.43. The minimum absolute atomic E-state index is 0.800. The van der Waals surface area contributed by atoms with E-state index >= 15 is 0 Å². The van der Waals surface area contributed by atoms with E-state index in [4.69, 9.17) is 9.47 Å². The van der Waals surface area contributed by atoms with Crippen LogP contribution in [0.4, 0.5) is 0 Å². The molecule has 2 fully saturated rings. The Kier molecular flexibility index (Phi) is 4.66. The maximum Gasteiger partial charge on any atom is 0.161 e. The van der Waals surface area contributed by atoms with Crippen molar-refractivity contribution in [2.24, 2.45) is 5.92 Å². The highest BCUT2D eigenvalue weighted by molar-refractivity contribution is 5.42. The quantitative estimate of drug-likeness (QED) is 0.835. The number of hydrogen-bond acceptors (Lipinski definition) is 4. The molecule has 1 heterocycles. The van der Waals surface area contributed by atoms with Gasteiger partial charge in [-0.25, -0.2) is 0 Å². The molecule has 116 valence electrons. The van der Waals surface area contributed by atoms with E-state index in [1.165, 1.54) is 44.5 Å². The van der Waals surface area contributed by atoms with Gasteiger partial charge in [0, 0.05) is 19.1 Å². The predicted octanol–water partition coefficient (Wildman–Crippen LogP) is 2.28. The molecule has 2 aliphatic rings. The number of rotatable bonds is 7. The Hall–Kier alpha value is -1.26. The molecule has 4 heteroatoms. The van der Waals surface area contributed by atoms with Gasteiger partial charge in [-0.2, -0.15) is 0 Å². The van der Waals surface area contributed by atoms with Gasteiger partial charge in [0.1, 0.15) is 0 Å². The van der Waals surface area contributed by atoms with Crippen LogP contribution in [0.15, 0.2) is 18.2 Å². The van der Waals surface area contributed by atoms with Gasteiger partial charge in [0.25, 0.3) is 0 Å². The first-order valence-corrected chi connectivity index (χ1v) is 7.95. The fraction of sp³-hybridized carbons (Fsp3) is 0.647. The fourth-order valence-corrected chi connectivity index (χ4v) is 3.08. The van der Waals surface area contributed by atoms with Gasteiger partial charge in [-0.3, -0.25) is 4.90 Å². The van der Waals surface area contributed by atoms with Crippen LogP contribution >= 0.6 is 0 Å². The van der Waals surface area contributed by atoms with Gasteiger partial charge in [-0.15, -0.1) is 0 Å². The monoisotopic (exact) mass is 290 g/mol. The minimum atomic E-state index is 0.800. The molecular weight excluding hydrogens is 264 g/mol. The highest BCUT2D eigenvalue weighted by Crippen LogP contribution is 2.29. The lowest BCUT2D eigenvalue weighted by Gasteiger charge is -2.17. The van der Waals surface area contributed by atoms with E-state index < -0.39 is 0 Å². The van der Waals surface area contributed by atoms with Gasteiger partial charge in [-0.1, -0.05) is 6.07 Å². The van der Waals surface area contributed by atoms with E-state index in [0.717, 1.165) is 30.0 Å². The van der Waals surface area contributed by atoms with Gasteiger partial charge < -0.3 is 14.8 Å². The van der Waals surface area contributed by atoms with Crippen molar-refractivity contribution in [1.29, 1.82) is 0 Å². The Morgan fingerprint density at radius 3 is 2.67 bits per heavy atom. The molecule has 0 aromatic heterocycles. The normalized spacial score (nSPS) is 22.5. The van der Waals surface area contributed by atoms with E-state index in [1.807, 2.05) is 6.07 Å². The largest absolute Gasteiger partial charge is 0.493 e. The molecule has 21 heavy (non-hydrogen) atoms. The Morgan fingerprint density at radius 2 is 1.95 bits per heavy atom. The van der Waals surface area contributed by atoms with E-state index in [1.54, 1.807) is 14.2 Å². The van der Waals surface area contributed by atoms with Crippen LogP contribution in [0.1, 0.15) is 24.8 Å². The molecule has 1 atom stereocenters. The van der Waals surface area contributed by atoms with Crippen molar-refractivity contribution in [3.05, 3.63) is 23.8 Å². The molecule has 1 saturated heterocycles. The molecule has 1 aliphatic heterocycles. The smallest absolute Gasteiger partial charge is 0.161 e. The highest BCUT2D eigenvalue weighted by atomic mass is 16.5. The molecule has 1 saturated carbocycles. The molecule has 0 bridgehead atoms. The third-order valence-corrected chi connectivity index (χ3v) is 4.50. The predicted molar refractivity (Wildman–Crippen MR) is 84.0 cm³/mol. The third kappa shape index (κ3) is 3.89. The van der Waals surface area contributed by atoms with Gasteiger partial charge in [0.15, 0.2) is 11.5 Å². The number of ether oxygens (including phenoxy) is 2. The van der Waals surface area contributed by atoms with E-state index in [9.17, 15) is 0 Å². The zero-order valence-corrected chi connectivity index (χ0v) is 13.1. The van der Waals surface area contributed by atoms with Crippen LogP contribution in [0.3, 0.4) is 0 Å². The first-order valence-electron chi connectivity index (χ1n) is 7.95. The van der Waals surface area contributed by atoms with Gasteiger partial charge in [0.2, 0.25) is 0 Å². The molecule has 1 unspecified atom stereocenters. The molecule has 0 amide bonds. The van der Waals surface area contributed by atoms with Crippen LogP contribution in [-0.2, 0) is 6.54 Å². The third-order valence-electron chi connectivity index (χ3n) is 4.50. The van der Waals surface area contributed by atoms with Gasteiger partial charge in [0.05, 0.1) is 14.2 Å². The summed E-state index contributed by atoms with van der Waals surface area (Å²) in [4.78, 5) is 2.54. The average molecular weight is 290 g/mol. The number of nitrogens with one attached hydrogen (secondary N) is 1. The summed E-state index contributed by atoms with van der Waals surface area (Å²) in [6.45, 7) is 4.59. The van der Waals surface area contributed by atoms with Gasteiger partial charge >= 0.3 is 0 Å². The summed E-state index contributed by atoms with van der Waals surface area (Å²) in [5.41, 5.74) is 1.29. The SMILES string of the molecule is COc1ccc(CN2CCC(CNC3CC3)C2)cc1OC. The van der Waals surface area contributed by atoms with E-state index in [2.05, 4.69) is 22.3 Å². The van der Waals surface area contributed by atoms with Crippen molar-refractivity contribution in [3.8, 4) is 11.5 Å². The lowest BCUT2D eigenvalue weighted by atomic mass is 10.1. The molecular formula is C17H26N2O2. The molecule has 3 rings (SSSR count). The first-order chi connectivity index (χ1) is 10.3. The van der Waals surface area contributed by atoms with Crippen molar-refractivity contribution >= 4 is 0 Å². The summed E-state index contributed by atoms with van der Waals surface area (Å²) in [5, 5.41) is 3.65. The molecule has 1 aromatic carbocycles. The van der Waals surface area contributed by atoms with Crippen LogP contribution in [-0.4, -0.2) is 44.8 Å². The highest BCUT2D eigenvalue weighted by Gasteiger charge is 2.26. The van der Waals surface area contributed by atoms with Crippen LogP contribution < -0.4 is 14.8 Å². The standard InChI is InChI=1S/C17H26N2O2/c1-20-16-6-3-13(9-17(16)21-2)11-19-8-7-14(12-19)10-18-15-4-5-15/h3,6,9,14-15,18H,4-5,7-8,10-12H2,1-2H3. The second-order valence-electron chi connectivity index (χ2n) is 6.26. The average Bonchev–Trinajstić information content (AvgIpc) is 3.24. The molecule has 0 spiro atoms. The number of likely N-dealkylation sites (tertiary alicyclic amines) is 1. The van der Waals surface area contributed by atoms with Gasteiger partial charge in [-0.05, 0) is 56.0 Å². The second-order valence-corrected chi connectivity index (χ2v) is 6.26. The maximum absolute atomic E-state index is 5.38. The van der Waals surface area contributed by atoms with Crippen LogP contribution in [0.2, 0.25) is 0 Å². The summed E-state index contributed by atoms with van der Waals surface area (Å²) in [7, 11) is 3.37. The van der Waals surface area contributed by atoms with Crippen molar-refractivity contribution in [2.75, 3.05) is 33.9 Å². The Morgan fingerprint density at radius 1 is 1.14 bits per heavy atom. The minimum Gasteiger partial charge on any atom is -0.493 e. The summed E-state index contributed by atoms with van der Waals surface area (Å²) in [6, 6.07) is 7.05. The summed E-state index contributed by atoms with van der Waals surface area (Å²) < 4.78 is 10.7. The maximum atomic E-state index is 5.38. The lowest BCUT2D eigenvalue weighted by molar-refractivity contribution is 0.312. The Balaban J connectivity index is 1.51. The van der Waals surface area contributed by atoms with Crippen molar-refractivity contribution in [1.82, 2.24) is 10.2 Å². The lowest BCUT2D eigenvalue weighted by Crippen LogP contribution is -2.27. The number of methoxy groups -OCH3 is 2. The molecule has 0 radical (unpaired) electrons. The summed E-state index contributed by atoms with van der Waals surface area (Å²) in [6.07, 6.45) is 4.07. The number of nitrogens with zero attached hydrogens (tertiary/aromatic N) is 1. The zero-order valence-electron chi connectivity index (χ0n) is 13.1. The van der Waals surface area contributed by atoms with Crippen molar-refractivity contribution in [3.63, 3.8) is 0 Å². The van der Waals surface area contributed by atoms with Crippen molar-refractivity contribution < 1.29 is 9.47 Å². The number of hydrogen-bond donors (Lipinski definition) is 1. The Labute approximate surface area is 127 Å².